The molecule has 0 fully saturated rings. The van der Waals surface area contributed by atoms with E-state index in [0.717, 1.165) is 10.0 Å². The second kappa shape index (κ2) is 6.54. The number of benzene rings is 1. The summed E-state index contributed by atoms with van der Waals surface area (Å²) in [5.74, 6) is 1.71. The molecule has 1 aromatic heterocycles. The number of aliphatic hydroxyl groups excluding tert-OH is 1. The van der Waals surface area contributed by atoms with Crippen LogP contribution in [0.1, 0.15) is 19.7 Å². The van der Waals surface area contributed by atoms with Gasteiger partial charge in [0.15, 0.2) is 0 Å². The summed E-state index contributed by atoms with van der Waals surface area (Å²) in [5, 5.41) is 17.6. The first-order valence-electron chi connectivity index (χ1n) is 5.94. The lowest BCUT2D eigenvalue weighted by molar-refractivity contribution is 0.196. The van der Waals surface area contributed by atoms with Crippen LogP contribution < -0.4 is 0 Å². The van der Waals surface area contributed by atoms with Gasteiger partial charge in [-0.25, -0.2) is 0 Å². The summed E-state index contributed by atoms with van der Waals surface area (Å²) in [4.78, 5) is 0. The first-order chi connectivity index (χ1) is 9.06. The summed E-state index contributed by atoms with van der Waals surface area (Å²) in [6, 6.07) is 7.72. The van der Waals surface area contributed by atoms with Crippen LogP contribution in [0.15, 0.2) is 33.2 Å². The van der Waals surface area contributed by atoms with Gasteiger partial charge < -0.3 is 9.52 Å². The first kappa shape index (κ1) is 14.6. The van der Waals surface area contributed by atoms with Crippen molar-refractivity contribution in [1.82, 2.24) is 10.2 Å². The van der Waals surface area contributed by atoms with Crippen LogP contribution in [0, 0.1) is 0 Å². The predicted molar refractivity (Wildman–Crippen MR) is 79.9 cm³/mol. The van der Waals surface area contributed by atoms with Gasteiger partial charge in [-0.2, -0.15) is 0 Å². The second-order valence-corrected chi connectivity index (χ2v) is 6.55. The van der Waals surface area contributed by atoms with Crippen molar-refractivity contribution in [2.75, 3.05) is 0 Å². The quantitative estimate of drug-likeness (QED) is 0.900. The molecule has 1 aromatic carbocycles. The Labute approximate surface area is 124 Å². The van der Waals surface area contributed by atoms with E-state index in [9.17, 15) is 5.11 Å². The van der Waals surface area contributed by atoms with Crippen LogP contribution in [0.25, 0.3) is 11.5 Å². The van der Waals surface area contributed by atoms with E-state index in [1.54, 1.807) is 18.7 Å². The predicted octanol–water partition coefficient (Wildman–Crippen LogP) is 3.50. The fourth-order valence-corrected chi connectivity index (χ4v) is 2.43. The van der Waals surface area contributed by atoms with E-state index < -0.39 is 0 Å². The molecular formula is C13H15BrN2O2S. The van der Waals surface area contributed by atoms with Crippen molar-refractivity contribution < 1.29 is 9.52 Å². The maximum absolute atomic E-state index is 9.42. The first-order valence-corrected chi connectivity index (χ1v) is 7.78. The molecule has 2 unspecified atom stereocenters. The molecule has 0 bridgehead atoms. The molecule has 2 aromatic rings. The lowest BCUT2D eigenvalue weighted by Crippen LogP contribution is -2.15. The Kier molecular flexibility index (Phi) is 5.01. The number of nitrogens with zero attached hydrogens (tertiary/aromatic N) is 2. The summed E-state index contributed by atoms with van der Waals surface area (Å²) in [6.45, 7) is 3.75. The van der Waals surface area contributed by atoms with Crippen molar-refractivity contribution in [3.63, 3.8) is 0 Å². The maximum Gasteiger partial charge on any atom is 0.247 e. The van der Waals surface area contributed by atoms with Gasteiger partial charge in [-0.15, -0.1) is 22.0 Å². The Morgan fingerprint density at radius 3 is 2.58 bits per heavy atom. The third kappa shape index (κ3) is 4.06. The van der Waals surface area contributed by atoms with E-state index in [-0.39, 0.29) is 11.4 Å². The number of hydrogen-bond acceptors (Lipinski definition) is 5. The van der Waals surface area contributed by atoms with E-state index in [1.165, 1.54) is 0 Å². The second-order valence-electron chi connectivity index (χ2n) is 4.26. The van der Waals surface area contributed by atoms with Crippen LogP contribution in [-0.2, 0) is 5.75 Å². The molecule has 1 N–H and O–H groups in total. The van der Waals surface area contributed by atoms with Crippen LogP contribution in [-0.4, -0.2) is 26.7 Å². The average molecular weight is 343 g/mol. The van der Waals surface area contributed by atoms with Gasteiger partial charge in [-0.05, 0) is 31.2 Å². The molecule has 1 heterocycles. The summed E-state index contributed by atoms with van der Waals surface area (Å²) in [5.41, 5.74) is 0.899. The van der Waals surface area contributed by atoms with Crippen molar-refractivity contribution in [3.05, 3.63) is 34.6 Å². The molecule has 0 aliphatic rings. The van der Waals surface area contributed by atoms with Crippen molar-refractivity contribution in [3.8, 4) is 11.5 Å². The van der Waals surface area contributed by atoms with Gasteiger partial charge >= 0.3 is 0 Å². The molecule has 6 heteroatoms. The number of aliphatic hydroxyl groups is 1. The number of rotatable bonds is 5. The van der Waals surface area contributed by atoms with Crippen molar-refractivity contribution in [2.45, 2.75) is 31.0 Å². The van der Waals surface area contributed by atoms with Gasteiger partial charge in [0.25, 0.3) is 0 Å². The van der Waals surface area contributed by atoms with Crippen molar-refractivity contribution in [1.29, 1.82) is 0 Å². The Bertz CT molecular complexity index is 528. The third-order valence-corrected chi connectivity index (χ3v) is 4.57. The smallest absolute Gasteiger partial charge is 0.247 e. The van der Waals surface area contributed by atoms with Gasteiger partial charge in [0.05, 0.1) is 11.9 Å². The van der Waals surface area contributed by atoms with Gasteiger partial charge in [-0.3, -0.25) is 0 Å². The highest BCUT2D eigenvalue weighted by Gasteiger charge is 2.13. The summed E-state index contributed by atoms with van der Waals surface area (Å²) >= 11 is 4.98. The molecule has 19 heavy (non-hydrogen) atoms. The summed E-state index contributed by atoms with van der Waals surface area (Å²) in [7, 11) is 0. The van der Waals surface area contributed by atoms with E-state index in [4.69, 9.17) is 4.42 Å². The van der Waals surface area contributed by atoms with Crippen LogP contribution in [0.4, 0.5) is 0 Å². The molecule has 4 nitrogen and oxygen atoms in total. The zero-order valence-electron chi connectivity index (χ0n) is 10.7. The molecule has 0 radical (unpaired) electrons. The Morgan fingerprint density at radius 1 is 1.26 bits per heavy atom. The van der Waals surface area contributed by atoms with E-state index >= 15 is 0 Å². The minimum atomic E-state index is -0.348. The molecule has 0 spiro atoms. The lowest BCUT2D eigenvalue weighted by atomic mass is 10.2. The molecule has 0 aliphatic carbocycles. The Morgan fingerprint density at radius 2 is 1.95 bits per heavy atom. The van der Waals surface area contributed by atoms with Crippen LogP contribution in [0.2, 0.25) is 0 Å². The fraction of sp³-hybridized carbons (Fsp3) is 0.385. The molecular weight excluding hydrogens is 328 g/mol. The minimum absolute atomic E-state index is 0.142. The number of halogens is 1. The Hall–Kier alpha value is -0.850. The molecule has 0 saturated carbocycles. The number of thioether (sulfide) groups is 1. The van der Waals surface area contributed by atoms with Gasteiger partial charge in [-0.1, -0.05) is 22.9 Å². The molecule has 0 amide bonds. The van der Waals surface area contributed by atoms with Crippen LogP contribution in [0.5, 0.6) is 0 Å². The average Bonchev–Trinajstić information content (AvgIpc) is 2.85. The maximum atomic E-state index is 9.42. The fourth-order valence-electron chi connectivity index (χ4n) is 1.36. The number of hydrogen-bond donors (Lipinski definition) is 1. The van der Waals surface area contributed by atoms with Crippen LogP contribution >= 0.6 is 27.7 Å². The van der Waals surface area contributed by atoms with E-state index in [1.807, 2.05) is 31.2 Å². The third-order valence-electron chi connectivity index (χ3n) is 2.71. The SMILES string of the molecule is CC(O)C(C)SCc1nnc(-c2ccc(Br)cc2)o1. The standard InChI is InChI=1S/C13H15BrN2O2S/c1-8(17)9(2)19-7-12-15-16-13(18-12)10-3-5-11(14)6-4-10/h3-6,8-9,17H,7H2,1-2H3. The van der Waals surface area contributed by atoms with E-state index in [0.29, 0.717) is 17.5 Å². The van der Waals surface area contributed by atoms with Gasteiger partial charge in [0.2, 0.25) is 11.8 Å². The van der Waals surface area contributed by atoms with Gasteiger partial charge in [0, 0.05) is 15.3 Å². The molecule has 102 valence electrons. The van der Waals surface area contributed by atoms with Gasteiger partial charge in [0.1, 0.15) is 0 Å². The zero-order valence-corrected chi connectivity index (χ0v) is 13.1. The summed E-state index contributed by atoms with van der Waals surface area (Å²) in [6.07, 6.45) is -0.348. The Balaban J connectivity index is 2.01. The molecule has 2 rings (SSSR count). The highest BCUT2D eigenvalue weighted by atomic mass is 79.9. The van der Waals surface area contributed by atoms with Crippen molar-refractivity contribution in [2.24, 2.45) is 0 Å². The molecule has 0 aliphatic heterocycles. The monoisotopic (exact) mass is 342 g/mol. The number of aromatic nitrogens is 2. The molecule has 2 atom stereocenters. The lowest BCUT2D eigenvalue weighted by Gasteiger charge is -2.11. The van der Waals surface area contributed by atoms with Crippen LogP contribution in [0.3, 0.4) is 0 Å². The normalized spacial score (nSPS) is 14.3. The largest absolute Gasteiger partial charge is 0.420 e. The highest BCUT2D eigenvalue weighted by Crippen LogP contribution is 2.23. The van der Waals surface area contributed by atoms with Crippen molar-refractivity contribution >= 4 is 27.7 Å². The molecule has 0 saturated heterocycles. The van der Waals surface area contributed by atoms with E-state index in [2.05, 4.69) is 26.1 Å². The summed E-state index contributed by atoms with van der Waals surface area (Å²) < 4.78 is 6.61. The zero-order chi connectivity index (χ0) is 13.8. The topological polar surface area (TPSA) is 59.2 Å². The minimum Gasteiger partial charge on any atom is -0.420 e. The highest BCUT2D eigenvalue weighted by molar-refractivity contribution is 9.10.